The van der Waals surface area contributed by atoms with Crippen molar-refractivity contribution in [2.75, 3.05) is 13.1 Å². The Morgan fingerprint density at radius 3 is 2.67 bits per heavy atom. The average molecular weight is 380 g/mol. The molecule has 0 atom stereocenters. The first-order chi connectivity index (χ1) is 12.9. The maximum atomic E-state index is 12.6. The molecule has 0 saturated heterocycles. The lowest BCUT2D eigenvalue weighted by atomic mass is 10.1. The van der Waals surface area contributed by atoms with Crippen LogP contribution in [0.5, 0.6) is 5.75 Å². The monoisotopic (exact) mass is 380 g/mol. The van der Waals surface area contributed by atoms with Gasteiger partial charge in [-0.15, -0.1) is 0 Å². The highest BCUT2D eigenvalue weighted by Crippen LogP contribution is 2.23. The molecule has 0 unspecified atom stereocenters. The van der Waals surface area contributed by atoms with Crippen molar-refractivity contribution in [1.82, 2.24) is 15.8 Å². The second-order valence-electron chi connectivity index (χ2n) is 6.16. The Labute approximate surface area is 158 Å². The summed E-state index contributed by atoms with van der Waals surface area (Å²) in [6.07, 6.45) is 0.746. The third-order valence-electron chi connectivity index (χ3n) is 4.03. The van der Waals surface area contributed by atoms with Crippen LogP contribution in [0.2, 0.25) is 0 Å². The number of nitrogens with zero attached hydrogens (tertiary/aromatic N) is 2. The first kappa shape index (κ1) is 20.7. The number of aliphatic imine (C=N–C) groups is 1. The number of ether oxygens (including phenoxy) is 1. The molecule has 1 heterocycles. The Morgan fingerprint density at radius 2 is 2.04 bits per heavy atom. The molecule has 8 heteroatoms. The summed E-state index contributed by atoms with van der Waals surface area (Å²) in [5.41, 5.74) is 3.52. The van der Waals surface area contributed by atoms with Crippen LogP contribution >= 0.6 is 0 Å². The van der Waals surface area contributed by atoms with Crippen molar-refractivity contribution in [3.8, 4) is 5.75 Å². The second-order valence-corrected chi connectivity index (χ2v) is 6.16. The van der Waals surface area contributed by atoms with E-state index in [1.807, 2.05) is 27.7 Å². The molecule has 2 aromatic rings. The van der Waals surface area contributed by atoms with Crippen LogP contribution in [0.25, 0.3) is 0 Å². The van der Waals surface area contributed by atoms with Gasteiger partial charge in [0.2, 0.25) is 0 Å². The fourth-order valence-corrected chi connectivity index (χ4v) is 2.71. The van der Waals surface area contributed by atoms with E-state index in [-0.39, 0.29) is 12.3 Å². The van der Waals surface area contributed by atoms with Crippen LogP contribution in [0.15, 0.2) is 27.7 Å². The molecule has 0 fully saturated rings. The summed E-state index contributed by atoms with van der Waals surface area (Å²) in [5.74, 6) is 1.56. The predicted octanol–water partition coefficient (Wildman–Crippen LogP) is 3.50. The Balaban J connectivity index is 2.03. The molecule has 6 nitrogen and oxygen atoms in total. The largest absolute Gasteiger partial charge is 0.434 e. The first-order valence-corrected chi connectivity index (χ1v) is 8.89. The Kier molecular flexibility index (Phi) is 7.57. The van der Waals surface area contributed by atoms with Crippen molar-refractivity contribution in [2.24, 2.45) is 4.99 Å². The van der Waals surface area contributed by atoms with Gasteiger partial charge in [-0.3, -0.25) is 0 Å². The fraction of sp³-hybridized carbons (Fsp3) is 0.474. The number of guanidine groups is 1. The van der Waals surface area contributed by atoms with E-state index in [9.17, 15) is 8.78 Å². The molecule has 0 aliphatic rings. The Bertz CT molecular complexity index is 756. The van der Waals surface area contributed by atoms with Crippen molar-refractivity contribution < 1.29 is 18.0 Å². The minimum absolute atomic E-state index is 0.144. The standard InChI is InChI=1S/C19H26F2N4O2/c1-5-22-19(23-9-8-16-13(3)25-27-14(16)4)24-11-15-10-12(2)6-7-17(15)26-18(20)21/h6-7,10,18H,5,8-9,11H2,1-4H3,(H2,22,23,24). The van der Waals surface area contributed by atoms with Gasteiger partial charge in [-0.2, -0.15) is 8.78 Å². The Morgan fingerprint density at radius 1 is 1.26 bits per heavy atom. The smallest absolute Gasteiger partial charge is 0.387 e. The van der Waals surface area contributed by atoms with E-state index in [2.05, 4.69) is 25.5 Å². The fourth-order valence-electron chi connectivity index (χ4n) is 2.71. The number of halogens is 2. The third kappa shape index (κ3) is 6.23. The van der Waals surface area contributed by atoms with Gasteiger partial charge in [-0.1, -0.05) is 22.9 Å². The summed E-state index contributed by atoms with van der Waals surface area (Å²) in [7, 11) is 0. The molecule has 148 valence electrons. The van der Waals surface area contributed by atoms with Gasteiger partial charge in [0.05, 0.1) is 12.2 Å². The number of rotatable bonds is 8. The van der Waals surface area contributed by atoms with Crippen molar-refractivity contribution >= 4 is 5.96 Å². The van der Waals surface area contributed by atoms with Crippen molar-refractivity contribution in [3.05, 3.63) is 46.3 Å². The highest BCUT2D eigenvalue weighted by Gasteiger charge is 2.11. The van der Waals surface area contributed by atoms with Gasteiger partial charge in [-0.05, 0) is 40.2 Å². The molecule has 1 aromatic heterocycles. The van der Waals surface area contributed by atoms with Gasteiger partial charge in [0, 0.05) is 24.2 Å². The summed E-state index contributed by atoms with van der Waals surface area (Å²) in [6.45, 7) is 6.34. The normalized spacial score (nSPS) is 11.7. The van der Waals surface area contributed by atoms with Crippen LogP contribution in [-0.4, -0.2) is 30.8 Å². The number of nitrogens with one attached hydrogen (secondary N) is 2. The topological polar surface area (TPSA) is 71.7 Å². The molecule has 0 bridgehead atoms. The summed E-state index contributed by atoms with van der Waals surface area (Å²) < 4.78 is 34.9. The predicted molar refractivity (Wildman–Crippen MR) is 100 cm³/mol. The van der Waals surface area contributed by atoms with Crippen LogP contribution in [0.1, 0.15) is 35.1 Å². The van der Waals surface area contributed by atoms with Crippen molar-refractivity contribution in [3.63, 3.8) is 0 Å². The lowest BCUT2D eigenvalue weighted by Crippen LogP contribution is -2.38. The number of hydrogen-bond acceptors (Lipinski definition) is 4. The molecule has 27 heavy (non-hydrogen) atoms. The van der Waals surface area contributed by atoms with Gasteiger partial charge < -0.3 is 19.9 Å². The lowest BCUT2D eigenvalue weighted by Gasteiger charge is -2.13. The van der Waals surface area contributed by atoms with E-state index in [1.54, 1.807) is 18.2 Å². The molecule has 0 radical (unpaired) electrons. The van der Waals surface area contributed by atoms with E-state index < -0.39 is 6.61 Å². The van der Waals surface area contributed by atoms with Gasteiger partial charge >= 0.3 is 6.61 Å². The first-order valence-electron chi connectivity index (χ1n) is 8.89. The van der Waals surface area contributed by atoms with Gasteiger partial charge in [-0.25, -0.2) is 4.99 Å². The zero-order valence-corrected chi connectivity index (χ0v) is 16.1. The summed E-state index contributed by atoms with van der Waals surface area (Å²) in [6, 6.07) is 5.08. The number of hydrogen-bond donors (Lipinski definition) is 2. The number of benzene rings is 1. The molecule has 1 aromatic carbocycles. The van der Waals surface area contributed by atoms with E-state index in [0.29, 0.717) is 24.6 Å². The van der Waals surface area contributed by atoms with Gasteiger partial charge in [0.25, 0.3) is 0 Å². The molecular weight excluding hydrogens is 354 g/mol. The minimum Gasteiger partial charge on any atom is -0.434 e. The highest BCUT2D eigenvalue weighted by molar-refractivity contribution is 5.79. The zero-order chi connectivity index (χ0) is 19.8. The van der Waals surface area contributed by atoms with Crippen LogP contribution in [0, 0.1) is 20.8 Å². The summed E-state index contributed by atoms with van der Waals surface area (Å²) in [4.78, 5) is 4.49. The molecule has 0 amide bonds. The number of aromatic nitrogens is 1. The SMILES string of the molecule is CCNC(=NCc1cc(C)ccc1OC(F)F)NCCc1c(C)noc1C. The van der Waals surface area contributed by atoms with Crippen molar-refractivity contribution in [1.29, 1.82) is 0 Å². The van der Waals surface area contributed by atoms with E-state index in [4.69, 9.17) is 4.52 Å². The van der Waals surface area contributed by atoms with E-state index >= 15 is 0 Å². The second kappa shape index (κ2) is 9.89. The third-order valence-corrected chi connectivity index (χ3v) is 4.03. The quantitative estimate of drug-likeness (QED) is 0.542. The average Bonchev–Trinajstić information content (AvgIpc) is 2.93. The molecular formula is C19H26F2N4O2. The van der Waals surface area contributed by atoms with Crippen LogP contribution < -0.4 is 15.4 Å². The lowest BCUT2D eigenvalue weighted by molar-refractivity contribution is -0.0504. The maximum absolute atomic E-state index is 12.6. The summed E-state index contributed by atoms with van der Waals surface area (Å²) >= 11 is 0. The molecule has 0 aliphatic heterocycles. The molecule has 0 saturated carbocycles. The van der Waals surface area contributed by atoms with Crippen LogP contribution in [0.4, 0.5) is 8.78 Å². The molecule has 0 spiro atoms. The zero-order valence-electron chi connectivity index (χ0n) is 16.1. The van der Waals surface area contributed by atoms with E-state index in [1.165, 1.54) is 0 Å². The van der Waals surface area contributed by atoms with Crippen LogP contribution in [-0.2, 0) is 13.0 Å². The van der Waals surface area contributed by atoms with Crippen LogP contribution in [0.3, 0.4) is 0 Å². The molecule has 2 rings (SSSR count). The molecule has 0 aliphatic carbocycles. The summed E-state index contributed by atoms with van der Waals surface area (Å²) in [5, 5.41) is 10.3. The van der Waals surface area contributed by atoms with E-state index in [0.717, 1.165) is 29.0 Å². The number of aryl methyl sites for hydroxylation is 3. The maximum Gasteiger partial charge on any atom is 0.387 e. The highest BCUT2D eigenvalue weighted by atomic mass is 19.3. The van der Waals surface area contributed by atoms with Gasteiger partial charge in [0.15, 0.2) is 5.96 Å². The number of alkyl halides is 2. The van der Waals surface area contributed by atoms with Gasteiger partial charge in [0.1, 0.15) is 11.5 Å². The molecule has 2 N–H and O–H groups in total. The van der Waals surface area contributed by atoms with Crippen molar-refractivity contribution in [2.45, 2.75) is 47.3 Å². The Hall–Kier alpha value is -2.64. The minimum atomic E-state index is -2.86.